The van der Waals surface area contributed by atoms with E-state index in [0.717, 1.165) is 6.08 Å². The van der Waals surface area contributed by atoms with Gasteiger partial charge in [0.25, 0.3) is 5.91 Å². The van der Waals surface area contributed by atoms with Crippen LogP contribution in [0.4, 0.5) is 0 Å². The second-order valence-corrected chi connectivity index (χ2v) is 2.00. The standard InChI is InChI=1S/C8H5NO3/c1-6(8(11)9-5-10)7-2-3-12-4-7/h2-4H,1H2. The van der Waals surface area contributed by atoms with Gasteiger partial charge in [-0.2, -0.15) is 0 Å². The molecule has 1 aromatic rings. The molecule has 60 valence electrons. The lowest BCUT2D eigenvalue weighted by Crippen LogP contribution is -1.94. The highest BCUT2D eigenvalue weighted by atomic mass is 16.3. The number of carbonyl (C=O) groups excluding carboxylic acids is 2. The molecule has 0 aromatic carbocycles. The van der Waals surface area contributed by atoms with Crippen molar-refractivity contribution < 1.29 is 14.0 Å². The van der Waals surface area contributed by atoms with E-state index in [1.807, 2.05) is 0 Å². The van der Waals surface area contributed by atoms with Gasteiger partial charge in [-0.3, -0.25) is 4.79 Å². The maximum Gasteiger partial charge on any atom is 0.287 e. The molecule has 0 fully saturated rings. The number of nitrogens with zero attached hydrogens (tertiary/aromatic N) is 1. The number of rotatable bonds is 2. The highest BCUT2D eigenvalue weighted by Gasteiger charge is 2.08. The monoisotopic (exact) mass is 163 g/mol. The smallest absolute Gasteiger partial charge is 0.287 e. The number of hydrogen-bond donors (Lipinski definition) is 0. The number of furan rings is 1. The Balaban J connectivity index is 2.86. The molecule has 0 aliphatic rings. The topological polar surface area (TPSA) is 59.6 Å². The van der Waals surface area contributed by atoms with Gasteiger partial charge in [-0.1, -0.05) is 6.58 Å². The molecule has 0 N–H and O–H groups in total. The van der Waals surface area contributed by atoms with Gasteiger partial charge in [0.1, 0.15) is 0 Å². The molecule has 12 heavy (non-hydrogen) atoms. The zero-order chi connectivity index (χ0) is 8.97. The SMILES string of the molecule is C=C(C(=O)N=C=O)c1ccoc1. The second kappa shape index (κ2) is 3.46. The van der Waals surface area contributed by atoms with Crippen LogP contribution in [-0.4, -0.2) is 12.0 Å². The first-order valence-corrected chi connectivity index (χ1v) is 3.09. The van der Waals surface area contributed by atoms with Gasteiger partial charge in [-0.05, 0) is 6.07 Å². The third-order valence-electron chi connectivity index (χ3n) is 1.27. The lowest BCUT2D eigenvalue weighted by Gasteiger charge is -1.91. The van der Waals surface area contributed by atoms with Crippen LogP contribution in [0.3, 0.4) is 0 Å². The number of hydrogen-bond acceptors (Lipinski definition) is 3. The van der Waals surface area contributed by atoms with Gasteiger partial charge in [0.2, 0.25) is 6.08 Å². The van der Waals surface area contributed by atoms with Crippen molar-refractivity contribution in [2.24, 2.45) is 4.99 Å². The van der Waals surface area contributed by atoms with Gasteiger partial charge >= 0.3 is 0 Å². The molecular weight excluding hydrogens is 158 g/mol. The summed E-state index contributed by atoms with van der Waals surface area (Å²) in [5, 5.41) is 0. The summed E-state index contributed by atoms with van der Waals surface area (Å²) in [5.41, 5.74) is 0.631. The molecular formula is C8H5NO3. The third kappa shape index (κ3) is 1.56. The van der Waals surface area contributed by atoms with Crippen LogP contribution in [0, 0.1) is 0 Å². The van der Waals surface area contributed by atoms with Crippen molar-refractivity contribution >= 4 is 17.6 Å². The van der Waals surface area contributed by atoms with Crippen molar-refractivity contribution in [2.45, 2.75) is 0 Å². The fourth-order valence-corrected chi connectivity index (χ4v) is 0.669. The molecule has 0 saturated heterocycles. The van der Waals surface area contributed by atoms with Crippen LogP contribution in [0.1, 0.15) is 5.56 Å². The Morgan fingerprint density at radius 1 is 1.67 bits per heavy atom. The second-order valence-electron chi connectivity index (χ2n) is 2.00. The van der Waals surface area contributed by atoms with Gasteiger partial charge in [0, 0.05) is 11.1 Å². The molecule has 0 atom stereocenters. The quantitative estimate of drug-likeness (QED) is 0.373. The molecule has 1 aromatic heterocycles. The predicted octanol–water partition coefficient (Wildman–Crippen LogP) is 1.16. The summed E-state index contributed by atoms with van der Waals surface area (Å²) >= 11 is 0. The van der Waals surface area contributed by atoms with Crippen LogP contribution in [0.2, 0.25) is 0 Å². The van der Waals surface area contributed by atoms with E-state index >= 15 is 0 Å². The number of amides is 1. The van der Waals surface area contributed by atoms with E-state index in [0.29, 0.717) is 5.56 Å². The van der Waals surface area contributed by atoms with Crippen molar-refractivity contribution in [2.75, 3.05) is 0 Å². The van der Waals surface area contributed by atoms with Crippen LogP contribution in [0.15, 0.2) is 34.6 Å². The summed E-state index contributed by atoms with van der Waals surface area (Å²) in [6.45, 7) is 3.43. The van der Waals surface area contributed by atoms with Gasteiger partial charge in [0.05, 0.1) is 12.5 Å². The molecule has 0 aliphatic heterocycles. The number of aliphatic imine (C=N–C) groups is 1. The van der Waals surface area contributed by atoms with E-state index in [-0.39, 0.29) is 5.57 Å². The minimum atomic E-state index is -0.702. The zero-order valence-electron chi connectivity index (χ0n) is 6.11. The molecule has 1 amide bonds. The van der Waals surface area contributed by atoms with Gasteiger partial charge in [-0.15, -0.1) is 4.99 Å². The Hall–Kier alpha value is -1.93. The Labute approximate surface area is 68.2 Å². The van der Waals surface area contributed by atoms with E-state index in [1.54, 1.807) is 6.07 Å². The van der Waals surface area contributed by atoms with Crippen LogP contribution >= 0.6 is 0 Å². The minimum Gasteiger partial charge on any atom is -0.472 e. The summed E-state index contributed by atoms with van der Waals surface area (Å²) in [4.78, 5) is 23.5. The normalized spacial score (nSPS) is 8.67. The molecule has 0 spiro atoms. The summed E-state index contributed by atoms with van der Waals surface area (Å²) in [5.74, 6) is -0.702. The molecule has 0 bridgehead atoms. The molecule has 1 heterocycles. The van der Waals surface area contributed by atoms with E-state index in [2.05, 4.69) is 11.6 Å². The Morgan fingerprint density at radius 2 is 2.42 bits per heavy atom. The first-order chi connectivity index (χ1) is 5.75. The van der Waals surface area contributed by atoms with Crippen LogP contribution in [0.5, 0.6) is 0 Å². The zero-order valence-corrected chi connectivity index (χ0v) is 6.11. The average molecular weight is 163 g/mol. The molecule has 4 heteroatoms. The van der Waals surface area contributed by atoms with E-state index in [9.17, 15) is 9.59 Å². The fourth-order valence-electron chi connectivity index (χ4n) is 0.669. The van der Waals surface area contributed by atoms with Crippen LogP contribution in [0.25, 0.3) is 5.57 Å². The summed E-state index contributed by atoms with van der Waals surface area (Å²) in [6, 6.07) is 1.56. The minimum absolute atomic E-state index is 0.118. The van der Waals surface area contributed by atoms with Crippen molar-refractivity contribution in [3.63, 3.8) is 0 Å². The van der Waals surface area contributed by atoms with Crippen molar-refractivity contribution in [3.05, 3.63) is 30.7 Å². The average Bonchev–Trinajstić information content (AvgIpc) is 2.55. The summed E-state index contributed by atoms with van der Waals surface area (Å²) in [6.07, 6.45) is 3.89. The van der Waals surface area contributed by atoms with Crippen LogP contribution < -0.4 is 0 Å². The van der Waals surface area contributed by atoms with E-state index < -0.39 is 5.91 Å². The Morgan fingerprint density at radius 3 is 2.92 bits per heavy atom. The molecule has 4 nitrogen and oxygen atoms in total. The molecule has 0 radical (unpaired) electrons. The van der Waals surface area contributed by atoms with E-state index in [1.165, 1.54) is 12.5 Å². The lowest BCUT2D eigenvalue weighted by atomic mass is 10.1. The van der Waals surface area contributed by atoms with Gasteiger partial charge < -0.3 is 4.42 Å². The van der Waals surface area contributed by atoms with Crippen LogP contribution in [-0.2, 0) is 9.59 Å². The molecule has 0 saturated carbocycles. The first kappa shape index (κ1) is 8.17. The van der Waals surface area contributed by atoms with Gasteiger partial charge in [-0.25, -0.2) is 4.79 Å². The number of isocyanates is 1. The highest BCUT2D eigenvalue weighted by molar-refractivity contribution is 6.20. The van der Waals surface area contributed by atoms with Crippen molar-refractivity contribution in [1.29, 1.82) is 0 Å². The molecule has 0 unspecified atom stereocenters. The molecule has 0 aliphatic carbocycles. The maximum atomic E-state index is 10.9. The summed E-state index contributed by atoms with van der Waals surface area (Å²) in [7, 11) is 0. The first-order valence-electron chi connectivity index (χ1n) is 3.09. The third-order valence-corrected chi connectivity index (χ3v) is 1.27. The Bertz CT molecular complexity index is 344. The van der Waals surface area contributed by atoms with Crippen molar-refractivity contribution in [1.82, 2.24) is 0 Å². The Kier molecular flexibility index (Phi) is 2.35. The highest BCUT2D eigenvalue weighted by Crippen LogP contribution is 2.13. The maximum absolute atomic E-state index is 10.9. The van der Waals surface area contributed by atoms with Gasteiger partial charge in [0.15, 0.2) is 0 Å². The lowest BCUT2D eigenvalue weighted by molar-refractivity contribution is -0.112. The number of carbonyl (C=O) groups is 1. The fraction of sp³-hybridized carbons (Fsp3) is 0. The predicted molar refractivity (Wildman–Crippen MR) is 40.9 cm³/mol. The van der Waals surface area contributed by atoms with Crippen molar-refractivity contribution in [3.8, 4) is 0 Å². The molecule has 1 rings (SSSR count). The van der Waals surface area contributed by atoms with E-state index in [4.69, 9.17) is 4.42 Å². The largest absolute Gasteiger partial charge is 0.472 e. The summed E-state index contributed by atoms with van der Waals surface area (Å²) < 4.78 is 4.71.